The topological polar surface area (TPSA) is 40.0 Å². The zero-order valence-electron chi connectivity index (χ0n) is 11.0. The molecule has 1 heterocycles. The van der Waals surface area contributed by atoms with E-state index in [1.54, 1.807) is 24.3 Å². The van der Waals surface area contributed by atoms with Crippen molar-refractivity contribution in [2.75, 3.05) is 32.8 Å². The molecule has 1 saturated heterocycles. The highest BCUT2D eigenvalue weighted by Gasteiger charge is 2.21. The number of carbonyl (C=O) groups excluding carboxylic acids is 1. The van der Waals surface area contributed by atoms with Gasteiger partial charge in [-0.1, -0.05) is 23.7 Å². The predicted molar refractivity (Wildman–Crippen MR) is 72.7 cm³/mol. The zero-order chi connectivity index (χ0) is 13.7. The van der Waals surface area contributed by atoms with Crippen molar-refractivity contribution in [2.24, 2.45) is 0 Å². The monoisotopic (exact) mass is 284 g/mol. The molecule has 0 aliphatic carbocycles. The highest BCUT2D eigenvalue weighted by molar-refractivity contribution is 6.33. The molecule has 1 fully saturated rings. The van der Waals surface area contributed by atoms with Crippen LogP contribution in [0.1, 0.15) is 17.3 Å². The van der Waals surface area contributed by atoms with Gasteiger partial charge in [0.15, 0.2) is 0 Å². The van der Waals surface area contributed by atoms with Gasteiger partial charge in [-0.05, 0) is 19.1 Å². The second kappa shape index (κ2) is 6.89. The summed E-state index contributed by atoms with van der Waals surface area (Å²) < 4.78 is 10.7. The molecule has 1 aliphatic rings. The van der Waals surface area contributed by atoms with Crippen LogP contribution in [-0.4, -0.2) is 44.9 Å². The smallest absolute Gasteiger partial charge is 0.340 e. The molecule has 4 nitrogen and oxygen atoms in total. The molecule has 0 unspecified atom stereocenters. The third kappa shape index (κ3) is 4.20. The summed E-state index contributed by atoms with van der Waals surface area (Å²) in [7, 11) is 0. The van der Waals surface area contributed by atoms with Crippen LogP contribution in [0.2, 0.25) is 5.02 Å². The molecule has 1 aliphatic heterocycles. The first kappa shape index (κ1) is 14.3. The molecule has 1 N–H and O–H groups in total. The standard InChI is InChI=1S/C14H18ClNO3/c1-11(10-16-6-8-18-9-7-16)19-14(17)12-4-2-3-5-13(12)15/h2-5,11H,6-10H2,1H3/p+1/t11-/m0/s1. The molecule has 1 aromatic carbocycles. The molecule has 0 radical (unpaired) electrons. The Morgan fingerprint density at radius 3 is 2.79 bits per heavy atom. The van der Waals surface area contributed by atoms with Gasteiger partial charge in [-0.3, -0.25) is 0 Å². The summed E-state index contributed by atoms with van der Waals surface area (Å²) >= 11 is 5.97. The number of morpholine rings is 1. The summed E-state index contributed by atoms with van der Waals surface area (Å²) in [6.07, 6.45) is -0.128. The van der Waals surface area contributed by atoms with E-state index in [2.05, 4.69) is 0 Å². The van der Waals surface area contributed by atoms with E-state index < -0.39 is 0 Å². The van der Waals surface area contributed by atoms with E-state index in [0.29, 0.717) is 10.6 Å². The lowest BCUT2D eigenvalue weighted by Crippen LogP contribution is -3.15. The number of hydrogen-bond donors (Lipinski definition) is 1. The van der Waals surface area contributed by atoms with Gasteiger partial charge in [-0.15, -0.1) is 0 Å². The van der Waals surface area contributed by atoms with Crippen molar-refractivity contribution in [2.45, 2.75) is 13.0 Å². The quantitative estimate of drug-likeness (QED) is 0.832. The van der Waals surface area contributed by atoms with Gasteiger partial charge in [0.1, 0.15) is 25.7 Å². The second-order valence-corrected chi connectivity index (χ2v) is 5.17. The van der Waals surface area contributed by atoms with E-state index in [0.717, 1.165) is 32.8 Å². The van der Waals surface area contributed by atoms with E-state index in [1.165, 1.54) is 4.90 Å². The molecule has 104 valence electrons. The fourth-order valence-corrected chi connectivity index (χ4v) is 2.40. The number of ether oxygens (including phenoxy) is 2. The number of hydrogen-bond acceptors (Lipinski definition) is 3. The van der Waals surface area contributed by atoms with Crippen molar-refractivity contribution in [1.29, 1.82) is 0 Å². The summed E-state index contributed by atoms with van der Waals surface area (Å²) in [4.78, 5) is 13.4. The third-order valence-corrected chi connectivity index (χ3v) is 3.51. The minimum atomic E-state index is -0.356. The lowest BCUT2D eigenvalue weighted by Gasteiger charge is -2.26. The Kier molecular flexibility index (Phi) is 5.19. The molecule has 0 amide bonds. The molecule has 0 saturated carbocycles. The van der Waals surface area contributed by atoms with Gasteiger partial charge in [0.25, 0.3) is 0 Å². The number of halogens is 1. The fourth-order valence-electron chi connectivity index (χ4n) is 2.19. The van der Waals surface area contributed by atoms with E-state index in [9.17, 15) is 4.79 Å². The number of quaternary nitrogens is 1. The Labute approximate surface area is 118 Å². The molecule has 5 heteroatoms. The minimum Gasteiger partial charge on any atom is -0.453 e. The minimum absolute atomic E-state index is 0.128. The van der Waals surface area contributed by atoms with Gasteiger partial charge in [-0.25, -0.2) is 4.79 Å². The molecule has 19 heavy (non-hydrogen) atoms. The van der Waals surface area contributed by atoms with Crippen molar-refractivity contribution in [1.82, 2.24) is 0 Å². The average Bonchev–Trinajstić information content (AvgIpc) is 2.40. The number of benzene rings is 1. The van der Waals surface area contributed by atoms with Crippen molar-refractivity contribution in [3.63, 3.8) is 0 Å². The molecule has 2 rings (SSSR count). The summed E-state index contributed by atoms with van der Waals surface area (Å²) in [6.45, 7) is 6.21. The lowest BCUT2D eigenvalue weighted by atomic mass is 10.2. The van der Waals surface area contributed by atoms with Gasteiger partial charge in [0.05, 0.1) is 23.8 Å². The van der Waals surface area contributed by atoms with E-state index >= 15 is 0 Å². The zero-order valence-corrected chi connectivity index (χ0v) is 11.8. The largest absolute Gasteiger partial charge is 0.453 e. The highest BCUT2D eigenvalue weighted by atomic mass is 35.5. The van der Waals surface area contributed by atoms with Crippen LogP contribution in [0, 0.1) is 0 Å². The summed E-state index contributed by atoms with van der Waals surface area (Å²) in [5.74, 6) is -0.356. The van der Waals surface area contributed by atoms with Crippen LogP contribution in [-0.2, 0) is 9.47 Å². The van der Waals surface area contributed by atoms with Crippen molar-refractivity contribution < 1.29 is 19.2 Å². The molecule has 1 aromatic rings. The van der Waals surface area contributed by atoms with Crippen LogP contribution in [0.4, 0.5) is 0 Å². The van der Waals surface area contributed by atoms with Crippen molar-refractivity contribution >= 4 is 17.6 Å². The maximum absolute atomic E-state index is 12.0. The van der Waals surface area contributed by atoms with Crippen LogP contribution in [0.25, 0.3) is 0 Å². The molecule has 0 aromatic heterocycles. The van der Waals surface area contributed by atoms with Gasteiger partial charge < -0.3 is 14.4 Å². The van der Waals surface area contributed by atoms with E-state index in [-0.39, 0.29) is 12.1 Å². The van der Waals surface area contributed by atoms with Crippen LogP contribution in [0.3, 0.4) is 0 Å². The maximum Gasteiger partial charge on any atom is 0.340 e. The second-order valence-electron chi connectivity index (χ2n) is 4.76. The third-order valence-electron chi connectivity index (χ3n) is 3.18. The molecular formula is C14H19ClNO3+. The normalized spacial score (nSPS) is 18.0. The Balaban J connectivity index is 1.86. The summed E-state index contributed by atoms with van der Waals surface area (Å²) in [5.41, 5.74) is 0.424. The summed E-state index contributed by atoms with van der Waals surface area (Å²) in [6, 6.07) is 6.94. The van der Waals surface area contributed by atoms with Gasteiger partial charge in [0.2, 0.25) is 0 Å². The van der Waals surface area contributed by atoms with Gasteiger partial charge in [0, 0.05) is 0 Å². The van der Waals surface area contributed by atoms with Crippen molar-refractivity contribution in [3.05, 3.63) is 34.9 Å². The number of nitrogens with one attached hydrogen (secondary N) is 1. The first-order chi connectivity index (χ1) is 9.16. The first-order valence-corrected chi connectivity index (χ1v) is 6.91. The molecule has 0 bridgehead atoms. The fraction of sp³-hybridized carbons (Fsp3) is 0.500. The first-order valence-electron chi connectivity index (χ1n) is 6.53. The van der Waals surface area contributed by atoms with E-state index in [1.807, 2.05) is 6.92 Å². The van der Waals surface area contributed by atoms with Gasteiger partial charge >= 0.3 is 5.97 Å². The van der Waals surface area contributed by atoms with Gasteiger partial charge in [-0.2, -0.15) is 0 Å². The average molecular weight is 285 g/mol. The lowest BCUT2D eigenvalue weighted by molar-refractivity contribution is -0.910. The molecule has 1 atom stereocenters. The summed E-state index contributed by atoms with van der Waals surface area (Å²) in [5, 5.41) is 0.429. The molecular weight excluding hydrogens is 266 g/mol. The van der Waals surface area contributed by atoms with Crippen molar-refractivity contribution in [3.8, 4) is 0 Å². The predicted octanol–water partition coefficient (Wildman–Crippen LogP) is 0.800. The highest BCUT2D eigenvalue weighted by Crippen LogP contribution is 2.16. The molecule has 0 spiro atoms. The van der Waals surface area contributed by atoms with Crippen LogP contribution < -0.4 is 4.90 Å². The number of esters is 1. The van der Waals surface area contributed by atoms with E-state index in [4.69, 9.17) is 21.1 Å². The Hall–Kier alpha value is -1.10. The number of rotatable bonds is 4. The van der Waals surface area contributed by atoms with Crippen LogP contribution in [0.15, 0.2) is 24.3 Å². The Bertz CT molecular complexity index is 432. The van der Waals surface area contributed by atoms with Crippen LogP contribution in [0.5, 0.6) is 0 Å². The maximum atomic E-state index is 12.0. The van der Waals surface area contributed by atoms with Crippen LogP contribution >= 0.6 is 11.6 Å². The Morgan fingerprint density at radius 1 is 1.42 bits per heavy atom. The SMILES string of the molecule is C[C@@H](C[NH+]1CCOCC1)OC(=O)c1ccccc1Cl. The Morgan fingerprint density at radius 2 is 2.11 bits per heavy atom. The number of carbonyl (C=O) groups is 1.